The van der Waals surface area contributed by atoms with Gasteiger partial charge in [-0.1, -0.05) is 28.1 Å². The number of hydrogen-bond acceptors (Lipinski definition) is 4. The Morgan fingerprint density at radius 1 is 1.09 bits per heavy atom. The van der Waals surface area contributed by atoms with E-state index in [-0.39, 0.29) is 24.8 Å². The first-order valence-corrected chi connectivity index (χ1v) is 7.87. The van der Waals surface area contributed by atoms with Crippen molar-refractivity contribution in [3.63, 3.8) is 0 Å². The Hall–Kier alpha value is -2.14. The molecule has 0 radical (unpaired) electrons. The summed E-state index contributed by atoms with van der Waals surface area (Å²) in [5.41, 5.74) is 2.09. The SMILES string of the molecule is COc1ccc(C(C)=O)cc1CC(=O)OCc1ccc(Br)cc1. The molecule has 0 unspecified atom stereocenters. The van der Waals surface area contributed by atoms with Crippen molar-refractivity contribution in [3.05, 3.63) is 63.6 Å². The van der Waals surface area contributed by atoms with Gasteiger partial charge in [-0.25, -0.2) is 0 Å². The van der Waals surface area contributed by atoms with Gasteiger partial charge in [0.2, 0.25) is 0 Å². The van der Waals surface area contributed by atoms with Gasteiger partial charge in [0.05, 0.1) is 13.5 Å². The topological polar surface area (TPSA) is 52.6 Å². The number of benzene rings is 2. The maximum atomic E-state index is 12.0. The van der Waals surface area contributed by atoms with Crippen LogP contribution >= 0.6 is 15.9 Å². The second-order valence-electron chi connectivity index (χ2n) is 5.05. The highest BCUT2D eigenvalue weighted by molar-refractivity contribution is 9.10. The lowest BCUT2D eigenvalue weighted by Gasteiger charge is -2.10. The molecular weight excluding hydrogens is 360 g/mol. The molecule has 0 saturated carbocycles. The highest BCUT2D eigenvalue weighted by Gasteiger charge is 2.12. The fourth-order valence-corrected chi connectivity index (χ4v) is 2.35. The molecule has 0 atom stereocenters. The van der Waals surface area contributed by atoms with Crippen LogP contribution in [0.5, 0.6) is 5.75 Å². The minimum absolute atomic E-state index is 0.0564. The number of carbonyl (C=O) groups is 2. The standard InChI is InChI=1S/C18H17BrO4/c1-12(20)14-5-8-17(22-2)15(9-14)10-18(21)23-11-13-3-6-16(19)7-4-13/h3-9H,10-11H2,1-2H3. The molecule has 120 valence electrons. The number of Topliss-reactive ketones (excluding diaryl/α,β-unsaturated/α-hetero) is 1. The van der Waals surface area contributed by atoms with E-state index in [0.717, 1.165) is 10.0 Å². The summed E-state index contributed by atoms with van der Waals surface area (Å²) in [5.74, 6) is 0.139. The zero-order chi connectivity index (χ0) is 16.8. The highest BCUT2D eigenvalue weighted by Crippen LogP contribution is 2.21. The third kappa shape index (κ3) is 4.93. The lowest BCUT2D eigenvalue weighted by atomic mass is 10.0. The summed E-state index contributed by atoms with van der Waals surface area (Å²) in [6.45, 7) is 1.69. The second kappa shape index (κ2) is 7.92. The van der Waals surface area contributed by atoms with E-state index in [1.807, 2.05) is 24.3 Å². The average molecular weight is 377 g/mol. The Morgan fingerprint density at radius 3 is 2.39 bits per heavy atom. The number of carbonyl (C=O) groups excluding carboxylic acids is 2. The molecule has 0 aliphatic rings. The van der Waals surface area contributed by atoms with Crippen molar-refractivity contribution in [3.8, 4) is 5.75 Å². The van der Waals surface area contributed by atoms with Gasteiger partial charge in [0.25, 0.3) is 0 Å². The largest absolute Gasteiger partial charge is 0.496 e. The third-order valence-corrected chi connectivity index (χ3v) is 3.86. The Labute approximate surface area is 143 Å². The first-order valence-electron chi connectivity index (χ1n) is 7.07. The van der Waals surface area contributed by atoms with Crippen LogP contribution in [0.25, 0.3) is 0 Å². The van der Waals surface area contributed by atoms with E-state index >= 15 is 0 Å². The Bertz CT molecular complexity index is 707. The minimum atomic E-state index is -0.369. The van der Waals surface area contributed by atoms with Crippen LogP contribution in [0.3, 0.4) is 0 Å². The van der Waals surface area contributed by atoms with Gasteiger partial charge < -0.3 is 9.47 Å². The van der Waals surface area contributed by atoms with Crippen LogP contribution in [0.4, 0.5) is 0 Å². The minimum Gasteiger partial charge on any atom is -0.496 e. The molecule has 0 N–H and O–H groups in total. The molecule has 0 aromatic heterocycles. The highest BCUT2D eigenvalue weighted by atomic mass is 79.9. The molecule has 0 amide bonds. The van der Waals surface area contributed by atoms with Crippen LogP contribution < -0.4 is 4.74 Å². The fourth-order valence-electron chi connectivity index (χ4n) is 2.09. The summed E-state index contributed by atoms with van der Waals surface area (Å²) in [5, 5.41) is 0. The van der Waals surface area contributed by atoms with Crippen molar-refractivity contribution >= 4 is 27.7 Å². The molecule has 0 fully saturated rings. The molecule has 2 aromatic rings. The summed E-state index contributed by atoms with van der Waals surface area (Å²) in [4.78, 5) is 23.5. The van der Waals surface area contributed by atoms with Crippen molar-refractivity contribution < 1.29 is 19.1 Å². The van der Waals surface area contributed by atoms with E-state index < -0.39 is 0 Å². The molecule has 0 aliphatic heterocycles. The zero-order valence-corrected chi connectivity index (χ0v) is 14.6. The summed E-state index contributed by atoms with van der Waals surface area (Å²) in [6, 6.07) is 12.6. The third-order valence-electron chi connectivity index (χ3n) is 3.33. The molecule has 2 rings (SSSR count). The monoisotopic (exact) mass is 376 g/mol. The molecule has 0 saturated heterocycles. The molecule has 0 spiro atoms. The van der Waals surface area contributed by atoms with E-state index in [0.29, 0.717) is 16.9 Å². The molecule has 2 aromatic carbocycles. The number of ether oxygens (including phenoxy) is 2. The first-order chi connectivity index (χ1) is 11.0. The van der Waals surface area contributed by atoms with Gasteiger partial charge in [-0.15, -0.1) is 0 Å². The van der Waals surface area contributed by atoms with Crippen LogP contribution in [-0.4, -0.2) is 18.9 Å². The van der Waals surface area contributed by atoms with Gasteiger partial charge in [0.1, 0.15) is 12.4 Å². The maximum absolute atomic E-state index is 12.0. The van der Waals surface area contributed by atoms with Gasteiger partial charge in [-0.05, 0) is 42.8 Å². The summed E-state index contributed by atoms with van der Waals surface area (Å²) in [7, 11) is 1.53. The van der Waals surface area contributed by atoms with Crippen molar-refractivity contribution in [2.75, 3.05) is 7.11 Å². The van der Waals surface area contributed by atoms with E-state index in [1.54, 1.807) is 18.2 Å². The van der Waals surface area contributed by atoms with Gasteiger partial charge in [-0.2, -0.15) is 0 Å². The Kier molecular flexibility index (Phi) is 5.93. The van der Waals surface area contributed by atoms with Crippen LogP contribution in [0.15, 0.2) is 46.9 Å². The lowest BCUT2D eigenvalue weighted by molar-refractivity contribution is -0.144. The molecule has 0 aliphatic carbocycles. The lowest BCUT2D eigenvalue weighted by Crippen LogP contribution is -2.09. The molecule has 0 heterocycles. The quantitative estimate of drug-likeness (QED) is 0.565. The molecule has 4 nitrogen and oxygen atoms in total. The van der Waals surface area contributed by atoms with Gasteiger partial charge in [0, 0.05) is 15.6 Å². The Balaban J connectivity index is 2.02. The van der Waals surface area contributed by atoms with E-state index in [1.165, 1.54) is 14.0 Å². The average Bonchev–Trinajstić information content (AvgIpc) is 2.54. The summed E-state index contributed by atoms with van der Waals surface area (Å²) in [6.07, 6.45) is 0.0564. The molecule has 0 bridgehead atoms. The predicted octanol–water partition coefficient (Wildman–Crippen LogP) is 3.95. The number of methoxy groups -OCH3 is 1. The predicted molar refractivity (Wildman–Crippen MR) is 90.6 cm³/mol. The summed E-state index contributed by atoms with van der Waals surface area (Å²) >= 11 is 3.35. The molecular formula is C18H17BrO4. The number of ketones is 1. The van der Waals surface area contributed by atoms with Gasteiger partial charge in [-0.3, -0.25) is 9.59 Å². The van der Waals surface area contributed by atoms with Crippen molar-refractivity contribution in [2.45, 2.75) is 20.0 Å². The van der Waals surface area contributed by atoms with Crippen LogP contribution in [0.2, 0.25) is 0 Å². The van der Waals surface area contributed by atoms with Crippen LogP contribution in [-0.2, 0) is 22.6 Å². The number of esters is 1. The first kappa shape index (κ1) is 17.2. The van der Waals surface area contributed by atoms with E-state index in [2.05, 4.69) is 15.9 Å². The van der Waals surface area contributed by atoms with Gasteiger partial charge >= 0.3 is 5.97 Å². The maximum Gasteiger partial charge on any atom is 0.310 e. The van der Waals surface area contributed by atoms with Gasteiger partial charge in [0.15, 0.2) is 5.78 Å². The van der Waals surface area contributed by atoms with Crippen molar-refractivity contribution in [2.24, 2.45) is 0 Å². The van der Waals surface area contributed by atoms with E-state index in [4.69, 9.17) is 9.47 Å². The van der Waals surface area contributed by atoms with Crippen molar-refractivity contribution in [1.82, 2.24) is 0 Å². The number of halogens is 1. The fraction of sp³-hybridized carbons (Fsp3) is 0.222. The zero-order valence-electron chi connectivity index (χ0n) is 13.0. The Morgan fingerprint density at radius 2 is 1.78 bits per heavy atom. The van der Waals surface area contributed by atoms with Crippen molar-refractivity contribution in [1.29, 1.82) is 0 Å². The summed E-state index contributed by atoms with van der Waals surface area (Å²) < 4.78 is 11.5. The van der Waals surface area contributed by atoms with E-state index in [9.17, 15) is 9.59 Å². The van der Waals surface area contributed by atoms with Crippen LogP contribution in [0, 0.1) is 0 Å². The number of hydrogen-bond donors (Lipinski definition) is 0. The normalized spacial score (nSPS) is 10.2. The molecule has 5 heteroatoms. The smallest absolute Gasteiger partial charge is 0.310 e. The second-order valence-corrected chi connectivity index (χ2v) is 5.96. The number of rotatable bonds is 6. The van der Waals surface area contributed by atoms with Crippen LogP contribution in [0.1, 0.15) is 28.4 Å². The molecule has 23 heavy (non-hydrogen) atoms.